The monoisotopic (exact) mass is 531 g/mol. The number of hydrogen-bond donors (Lipinski definition) is 2. The highest BCUT2D eigenvalue weighted by Crippen LogP contribution is 2.37. The average molecular weight is 532 g/mol. The number of carbonyl (C=O) groups is 1. The van der Waals surface area contributed by atoms with Crippen LogP contribution in [0.1, 0.15) is 30.9 Å². The van der Waals surface area contributed by atoms with E-state index in [-0.39, 0.29) is 30.1 Å². The van der Waals surface area contributed by atoms with E-state index < -0.39 is 60.2 Å². The summed E-state index contributed by atoms with van der Waals surface area (Å²) in [6.45, 7) is 0.585. The number of nitrogens with one attached hydrogen (secondary N) is 2. The van der Waals surface area contributed by atoms with Crippen molar-refractivity contribution < 1.29 is 35.9 Å². The van der Waals surface area contributed by atoms with Crippen LogP contribution in [-0.4, -0.2) is 60.0 Å². The highest BCUT2D eigenvalue weighted by atomic mass is 19.4. The molecule has 2 unspecified atom stereocenters. The van der Waals surface area contributed by atoms with E-state index in [9.17, 15) is 31.1 Å². The molecule has 13 heteroatoms. The van der Waals surface area contributed by atoms with Gasteiger partial charge in [-0.05, 0) is 17.6 Å². The van der Waals surface area contributed by atoms with Crippen LogP contribution >= 0.6 is 0 Å². The Labute approximate surface area is 209 Å². The van der Waals surface area contributed by atoms with Crippen molar-refractivity contribution in [3.63, 3.8) is 0 Å². The molecule has 202 valence electrons. The number of amides is 1. The highest BCUT2D eigenvalue weighted by molar-refractivity contribution is 5.89. The summed E-state index contributed by atoms with van der Waals surface area (Å²) in [6, 6.07) is 5.03. The summed E-state index contributed by atoms with van der Waals surface area (Å²) in [6.07, 6.45) is -3.60. The van der Waals surface area contributed by atoms with E-state index in [1.807, 2.05) is 0 Å². The fraction of sp³-hybridized carbons (Fsp3) is 0.458. The lowest BCUT2D eigenvalue weighted by Gasteiger charge is -2.43. The fourth-order valence-electron chi connectivity index (χ4n) is 4.31. The number of likely N-dealkylation sites (tertiary alicyclic amines) is 1. The number of alkyl halides is 5. The van der Waals surface area contributed by atoms with Gasteiger partial charge in [0.1, 0.15) is 11.4 Å². The minimum absolute atomic E-state index is 0.109. The first-order valence-electron chi connectivity index (χ1n) is 11.4. The first-order valence-corrected chi connectivity index (χ1v) is 11.4. The number of ether oxygens (including phenoxy) is 1. The number of aromatic nitrogens is 2. The van der Waals surface area contributed by atoms with Gasteiger partial charge in [-0.3, -0.25) is 4.79 Å². The molecule has 1 aliphatic heterocycles. The van der Waals surface area contributed by atoms with Gasteiger partial charge in [0.2, 0.25) is 17.7 Å². The molecule has 7 nitrogen and oxygen atoms in total. The van der Waals surface area contributed by atoms with Crippen molar-refractivity contribution >= 4 is 17.4 Å². The zero-order valence-corrected chi connectivity index (χ0v) is 20.4. The first-order chi connectivity index (χ1) is 17.4. The molecule has 3 rings (SSSR count). The minimum atomic E-state index is -4.73. The van der Waals surface area contributed by atoms with Crippen LogP contribution in [-0.2, 0) is 11.0 Å². The fourth-order valence-corrected chi connectivity index (χ4v) is 4.31. The Morgan fingerprint density at radius 1 is 1.30 bits per heavy atom. The van der Waals surface area contributed by atoms with E-state index in [2.05, 4.69) is 20.6 Å². The molecule has 1 amide bonds. The topological polar surface area (TPSA) is 79.4 Å². The van der Waals surface area contributed by atoms with Gasteiger partial charge in [0.25, 0.3) is 5.92 Å². The van der Waals surface area contributed by atoms with Gasteiger partial charge in [-0.1, -0.05) is 25.1 Å². The van der Waals surface area contributed by atoms with Crippen LogP contribution in [0, 0.1) is 11.7 Å². The van der Waals surface area contributed by atoms with Crippen molar-refractivity contribution in [2.24, 2.45) is 5.92 Å². The zero-order valence-electron chi connectivity index (χ0n) is 20.4. The second-order valence-electron chi connectivity index (χ2n) is 8.74. The number of carbonyl (C=O) groups excluding carboxylic acids is 1. The molecule has 1 aromatic carbocycles. The quantitative estimate of drug-likeness (QED) is 0.486. The second-order valence-corrected chi connectivity index (χ2v) is 8.74. The molecule has 1 saturated heterocycles. The smallest absolute Gasteiger partial charge is 0.423 e. The summed E-state index contributed by atoms with van der Waals surface area (Å²) >= 11 is 0. The van der Waals surface area contributed by atoms with Crippen LogP contribution in [0.15, 0.2) is 36.7 Å². The van der Waals surface area contributed by atoms with Crippen LogP contribution in [0.4, 0.5) is 32.3 Å². The normalized spacial score (nSPS) is 19.9. The third-order valence-corrected chi connectivity index (χ3v) is 6.00. The maximum atomic E-state index is 14.5. The Morgan fingerprint density at radius 3 is 2.62 bits per heavy atom. The number of anilines is 1. The van der Waals surface area contributed by atoms with Crippen molar-refractivity contribution in [2.75, 3.05) is 32.6 Å². The molecule has 1 aliphatic rings. The van der Waals surface area contributed by atoms with Gasteiger partial charge in [0.15, 0.2) is 0 Å². The molecule has 37 heavy (non-hydrogen) atoms. The number of benzene rings is 1. The second kappa shape index (κ2) is 11.3. The molecule has 0 radical (unpaired) electrons. The summed E-state index contributed by atoms with van der Waals surface area (Å²) < 4.78 is 87.3. The molecule has 2 atom stereocenters. The number of piperidine rings is 1. The highest BCUT2D eigenvalue weighted by Gasteiger charge is 2.46. The van der Waals surface area contributed by atoms with E-state index in [1.54, 1.807) is 20.0 Å². The third-order valence-electron chi connectivity index (χ3n) is 6.00. The van der Waals surface area contributed by atoms with Crippen LogP contribution in [0.3, 0.4) is 0 Å². The lowest BCUT2D eigenvalue weighted by molar-refractivity contribution is -0.151. The van der Waals surface area contributed by atoms with E-state index in [4.69, 9.17) is 4.74 Å². The van der Waals surface area contributed by atoms with Gasteiger partial charge >= 0.3 is 6.18 Å². The summed E-state index contributed by atoms with van der Waals surface area (Å²) in [5.74, 6) is -5.97. The zero-order chi connectivity index (χ0) is 27.4. The molecular formula is C24H27F6N5O2. The number of nitrogens with zero attached hydrogens (tertiary/aromatic N) is 3. The minimum Gasteiger partial charge on any atom is -0.480 e. The molecule has 0 spiro atoms. The van der Waals surface area contributed by atoms with E-state index in [0.717, 1.165) is 12.0 Å². The van der Waals surface area contributed by atoms with E-state index in [0.29, 0.717) is 6.20 Å². The molecular weight excluding hydrogens is 504 g/mol. The largest absolute Gasteiger partial charge is 0.480 e. The SMILES string of the molecule is CN/C=C(\CC(=O)N1CC(F)(F)CC(C)C1CNc1ncc(C(F)(F)F)c(OC)n1)c1ccccc1F. The molecule has 1 fully saturated rings. The maximum Gasteiger partial charge on any atom is 0.423 e. The van der Waals surface area contributed by atoms with Gasteiger partial charge in [-0.15, -0.1) is 0 Å². The van der Waals surface area contributed by atoms with E-state index in [1.165, 1.54) is 24.4 Å². The molecule has 1 aromatic heterocycles. The van der Waals surface area contributed by atoms with Gasteiger partial charge in [-0.25, -0.2) is 18.2 Å². The van der Waals surface area contributed by atoms with Crippen molar-refractivity contribution in [1.82, 2.24) is 20.2 Å². The van der Waals surface area contributed by atoms with Gasteiger partial charge in [0, 0.05) is 38.0 Å². The number of halogens is 6. The van der Waals surface area contributed by atoms with Gasteiger partial charge in [-0.2, -0.15) is 18.2 Å². The molecule has 2 N–H and O–H groups in total. The van der Waals surface area contributed by atoms with Crippen LogP contribution in [0.5, 0.6) is 5.88 Å². The summed E-state index contributed by atoms with van der Waals surface area (Å²) in [4.78, 5) is 21.7. The lowest BCUT2D eigenvalue weighted by Crippen LogP contribution is -2.57. The Hall–Kier alpha value is -3.51. The van der Waals surface area contributed by atoms with Crippen LogP contribution < -0.4 is 15.4 Å². The predicted molar refractivity (Wildman–Crippen MR) is 124 cm³/mol. The van der Waals surface area contributed by atoms with Crippen LogP contribution in [0.2, 0.25) is 0 Å². The summed E-state index contributed by atoms with van der Waals surface area (Å²) in [7, 11) is 2.59. The standard InChI is InChI=1S/C24H27F6N5O2/c1-14-9-23(26,27)13-35(20(36)8-15(10-31-2)16-6-4-5-7-18(16)25)19(14)12-33-22-32-11-17(24(28,29)30)21(34-22)37-3/h4-7,10-11,14,19,31H,8-9,12-13H2,1-3H3,(H,32,33,34)/b15-10+. The molecule has 0 aliphatic carbocycles. The molecule has 2 aromatic rings. The molecule has 0 bridgehead atoms. The Bertz CT molecular complexity index is 1140. The number of rotatable bonds is 8. The van der Waals surface area contributed by atoms with Crippen molar-refractivity contribution in [3.8, 4) is 5.88 Å². The first kappa shape index (κ1) is 28.1. The van der Waals surface area contributed by atoms with Crippen molar-refractivity contribution in [2.45, 2.75) is 37.9 Å². The molecule has 0 saturated carbocycles. The lowest BCUT2D eigenvalue weighted by atomic mass is 9.87. The predicted octanol–water partition coefficient (Wildman–Crippen LogP) is 4.58. The summed E-state index contributed by atoms with van der Waals surface area (Å²) in [5, 5.41) is 5.48. The van der Waals surface area contributed by atoms with Gasteiger partial charge in [0.05, 0.1) is 26.1 Å². The maximum absolute atomic E-state index is 14.5. The van der Waals surface area contributed by atoms with Gasteiger partial charge < -0.3 is 20.3 Å². The van der Waals surface area contributed by atoms with Crippen molar-refractivity contribution in [3.05, 3.63) is 53.6 Å². The Balaban J connectivity index is 1.83. The Kier molecular flexibility index (Phi) is 8.54. The Morgan fingerprint density at radius 2 is 2.00 bits per heavy atom. The van der Waals surface area contributed by atoms with E-state index >= 15 is 0 Å². The third kappa shape index (κ3) is 6.83. The van der Waals surface area contributed by atoms with Crippen molar-refractivity contribution in [1.29, 1.82) is 0 Å². The summed E-state index contributed by atoms with van der Waals surface area (Å²) in [5.41, 5.74) is -0.739. The average Bonchev–Trinajstić information content (AvgIpc) is 2.81. The van der Waals surface area contributed by atoms with Crippen LogP contribution in [0.25, 0.3) is 5.57 Å². The number of hydrogen-bond acceptors (Lipinski definition) is 6. The number of methoxy groups -OCH3 is 1. The molecule has 2 heterocycles.